The first-order valence-electron chi connectivity index (χ1n) is 5.46. The Morgan fingerprint density at radius 3 is 2.79 bits per heavy atom. The summed E-state index contributed by atoms with van der Waals surface area (Å²) >= 11 is 9.34. The molecular formula is C13H11BrClN3O. The number of aryl methyl sites for hydroxylation is 1. The zero-order chi connectivity index (χ0) is 14.0. The zero-order valence-corrected chi connectivity index (χ0v) is 12.4. The van der Waals surface area contributed by atoms with E-state index >= 15 is 0 Å². The molecule has 4 nitrogen and oxygen atoms in total. The van der Waals surface area contributed by atoms with Crippen LogP contribution in [0.25, 0.3) is 0 Å². The summed E-state index contributed by atoms with van der Waals surface area (Å²) in [7, 11) is 0. The minimum absolute atomic E-state index is 0.280. The van der Waals surface area contributed by atoms with E-state index in [4.69, 9.17) is 17.3 Å². The number of carbonyl (C=O) groups excluding carboxylic acids is 1. The standard InChI is InChI=1S/C13H11BrClN3O/c1-7-4-8(5-12(16)17-7)13(19)18-11-6-9(14)2-3-10(11)15/h2-6H,1H3,(H2,16,17)(H,18,19). The first-order valence-corrected chi connectivity index (χ1v) is 6.63. The minimum Gasteiger partial charge on any atom is -0.384 e. The third-order valence-electron chi connectivity index (χ3n) is 2.41. The lowest BCUT2D eigenvalue weighted by Gasteiger charge is -2.08. The van der Waals surface area contributed by atoms with Crippen LogP contribution in [0.2, 0.25) is 5.02 Å². The van der Waals surface area contributed by atoms with Gasteiger partial charge < -0.3 is 11.1 Å². The lowest BCUT2D eigenvalue weighted by molar-refractivity contribution is 0.102. The van der Waals surface area contributed by atoms with Gasteiger partial charge in [-0.1, -0.05) is 27.5 Å². The molecule has 0 aliphatic rings. The molecule has 0 bridgehead atoms. The summed E-state index contributed by atoms with van der Waals surface area (Å²) in [6, 6.07) is 8.42. The van der Waals surface area contributed by atoms with Crippen LogP contribution in [0.4, 0.5) is 11.5 Å². The highest BCUT2D eigenvalue weighted by Gasteiger charge is 2.10. The fourth-order valence-electron chi connectivity index (χ4n) is 1.61. The lowest BCUT2D eigenvalue weighted by atomic mass is 10.2. The van der Waals surface area contributed by atoms with Gasteiger partial charge in [0.2, 0.25) is 0 Å². The number of amides is 1. The van der Waals surface area contributed by atoms with Crippen molar-refractivity contribution in [2.24, 2.45) is 0 Å². The average Bonchev–Trinajstić information content (AvgIpc) is 2.32. The van der Waals surface area contributed by atoms with Crippen molar-refractivity contribution in [2.75, 3.05) is 11.1 Å². The van der Waals surface area contributed by atoms with Crippen molar-refractivity contribution in [3.63, 3.8) is 0 Å². The van der Waals surface area contributed by atoms with Crippen molar-refractivity contribution in [1.29, 1.82) is 0 Å². The van der Waals surface area contributed by atoms with Gasteiger partial charge in [0.25, 0.3) is 5.91 Å². The van der Waals surface area contributed by atoms with Crippen LogP contribution in [-0.4, -0.2) is 10.9 Å². The largest absolute Gasteiger partial charge is 0.384 e. The van der Waals surface area contributed by atoms with Crippen LogP contribution in [-0.2, 0) is 0 Å². The van der Waals surface area contributed by atoms with E-state index < -0.39 is 0 Å². The Kier molecular flexibility index (Phi) is 4.07. The van der Waals surface area contributed by atoms with Crippen molar-refractivity contribution in [3.05, 3.63) is 51.1 Å². The van der Waals surface area contributed by atoms with E-state index in [2.05, 4.69) is 26.2 Å². The fraction of sp³-hybridized carbons (Fsp3) is 0.0769. The average molecular weight is 341 g/mol. The molecule has 2 aromatic rings. The first kappa shape index (κ1) is 13.8. The number of hydrogen-bond donors (Lipinski definition) is 2. The second-order valence-corrected chi connectivity index (χ2v) is 5.32. The molecule has 1 heterocycles. The van der Waals surface area contributed by atoms with Crippen molar-refractivity contribution < 1.29 is 4.79 Å². The number of nitrogens with zero attached hydrogens (tertiary/aromatic N) is 1. The summed E-state index contributed by atoms with van der Waals surface area (Å²) in [5, 5.41) is 3.21. The van der Waals surface area contributed by atoms with Gasteiger partial charge in [0.15, 0.2) is 0 Å². The Balaban J connectivity index is 2.28. The number of aromatic nitrogens is 1. The molecule has 98 valence electrons. The summed E-state index contributed by atoms with van der Waals surface area (Å²) in [4.78, 5) is 16.1. The molecule has 0 atom stereocenters. The summed E-state index contributed by atoms with van der Waals surface area (Å²) in [6.07, 6.45) is 0. The third-order valence-corrected chi connectivity index (χ3v) is 3.23. The van der Waals surface area contributed by atoms with Crippen LogP contribution >= 0.6 is 27.5 Å². The number of nitrogens with one attached hydrogen (secondary N) is 1. The smallest absolute Gasteiger partial charge is 0.255 e. The van der Waals surface area contributed by atoms with Gasteiger partial charge in [-0.3, -0.25) is 4.79 Å². The second-order valence-electron chi connectivity index (χ2n) is 4.00. The summed E-state index contributed by atoms with van der Waals surface area (Å²) in [5.41, 5.74) is 7.29. The van der Waals surface area contributed by atoms with Crippen molar-refractivity contribution in [3.8, 4) is 0 Å². The van der Waals surface area contributed by atoms with E-state index in [1.807, 2.05) is 0 Å². The van der Waals surface area contributed by atoms with Crippen molar-refractivity contribution in [1.82, 2.24) is 4.98 Å². The Bertz CT molecular complexity index is 626. The normalized spacial score (nSPS) is 10.3. The molecule has 1 aromatic heterocycles. The molecule has 1 aromatic carbocycles. The predicted octanol–water partition coefficient (Wildman–Crippen LogP) is 3.64. The number of rotatable bonds is 2. The van der Waals surface area contributed by atoms with Gasteiger partial charge in [-0.15, -0.1) is 0 Å². The summed E-state index contributed by atoms with van der Waals surface area (Å²) in [5.74, 6) is 0.0303. The number of pyridine rings is 1. The van der Waals surface area contributed by atoms with E-state index in [-0.39, 0.29) is 5.91 Å². The van der Waals surface area contributed by atoms with Gasteiger partial charge >= 0.3 is 0 Å². The minimum atomic E-state index is -0.280. The van der Waals surface area contributed by atoms with Gasteiger partial charge in [-0.2, -0.15) is 0 Å². The lowest BCUT2D eigenvalue weighted by Crippen LogP contribution is -2.13. The highest BCUT2D eigenvalue weighted by Crippen LogP contribution is 2.26. The molecule has 0 aliphatic carbocycles. The summed E-state index contributed by atoms with van der Waals surface area (Å²) in [6.45, 7) is 1.78. The van der Waals surface area contributed by atoms with Gasteiger partial charge in [0, 0.05) is 15.7 Å². The van der Waals surface area contributed by atoms with Crippen LogP contribution in [0.15, 0.2) is 34.8 Å². The number of halogens is 2. The Morgan fingerprint density at radius 2 is 2.11 bits per heavy atom. The highest BCUT2D eigenvalue weighted by atomic mass is 79.9. The topological polar surface area (TPSA) is 68.0 Å². The highest BCUT2D eigenvalue weighted by molar-refractivity contribution is 9.10. The molecule has 2 rings (SSSR count). The number of benzene rings is 1. The summed E-state index contributed by atoms with van der Waals surface area (Å²) < 4.78 is 0.831. The van der Waals surface area contributed by atoms with Crippen LogP contribution in [0.1, 0.15) is 16.1 Å². The maximum atomic E-state index is 12.1. The molecule has 0 unspecified atom stereocenters. The molecule has 0 saturated heterocycles. The van der Waals surface area contributed by atoms with Crippen LogP contribution in [0, 0.1) is 6.92 Å². The maximum absolute atomic E-state index is 12.1. The molecule has 0 aliphatic heterocycles. The molecule has 3 N–H and O–H groups in total. The van der Waals surface area contributed by atoms with Crippen molar-refractivity contribution >= 4 is 44.9 Å². The first-order chi connectivity index (χ1) is 8.95. The fourth-order valence-corrected chi connectivity index (χ4v) is 2.14. The van der Waals surface area contributed by atoms with E-state index in [1.54, 1.807) is 31.2 Å². The number of carbonyl (C=O) groups is 1. The SMILES string of the molecule is Cc1cc(C(=O)Nc2cc(Br)ccc2Cl)cc(N)n1. The Morgan fingerprint density at radius 1 is 1.37 bits per heavy atom. The number of nitrogens with two attached hydrogens (primary N) is 1. The van der Waals surface area contributed by atoms with Gasteiger partial charge in [0.1, 0.15) is 5.82 Å². The van der Waals surface area contributed by atoms with Gasteiger partial charge in [-0.25, -0.2) is 4.98 Å². The molecular weight excluding hydrogens is 330 g/mol. The maximum Gasteiger partial charge on any atom is 0.255 e. The van der Waals surface area contributed by atoms with Crippen LogP contribution < -0.4 is 11.1 Å². The molecule has 1 amide bonds. The number of nitrogen functional groups attached to an aromatic ring is 1. The van der Waals surface area contributed by atoms with E-state index in [0.717, 1.165) is 4.47 Å². The molecule has 0 saturated carbocycles. The van der Waals surface area contributed by atoms with E-state index in [9.17, 15) is 4.79 Å². The molecule has 6 heteroatoms. The quantitative estimate of drug-likeness (QED) is 0.877. The zero-order valence-electron chi connectivity index (χ0n) is 10.1. The number of anilines is 2. The molecule has 0 spiro atoms. The Hall–Kier alpha value is -1.59. The molecule has 0 fully saturated rings. The predicted molar refractivity (Wildman–Crippen MR) is 80.5 cm³/mol. The van der Waals surface area contributed by atoms with E-state index in [0.29, 0.717) is 27.8 Å². The van der Waals surface area contributed by atoms with Crippen LogP contribution in [0.5, 0.6) is 0 Å². The third kappa shape index (κ3) is 3.45. The van der Waals surface area contributed by atoms with E-state index in [1.165, 1.54) is 6.07 Å². The molecule has 0 radical (unpaired) electrons. The Labute approximate surface area is 124 Å². The molecule has 19 heavy (non-hydrogen) atoms. The van der Waals surface area contributed by atoms with Crippen molar-refractivity contribution in [2.45, 2.75) is 6.92 Å². The van der Waals surface area contributed by atoms with Gasteiger partial charge in [0.05, 0.1) is 10.7 Å². The number of hydrogen-bond acceptors (Lipinski definition) is 3. The van der Waals surface area contributed by atoms with Gasteiger partial charge in [-0.05, 0) is 37.3 Å². The van der Waals surface area contributed by atoms with Crippen LogP contribution in [0.3, 0.4) is 0 Å². The monoisotopic (exact) mass is 339 g/mol. The second kappa shape index (κ2) is 5.59.